The monoisotopic (exact) mass is 297 g/mol. The van der Waals surface area contributed by atoms with E-state index in [-0.39, 0.29) is 5.54 Å². The lowest BCUT2D eigenvalue weighted by molar-refractivity contribution is 0.530. The van der Waals surface area contributed by atoms with Crippen molar-refractivity contribution in [2.45, 2.75) is 57.9 Å². The molecule has 0 spiro atoms. The first-order chi connectivity index (χ1) is 7.98. The van der Waals surface area contributed by atoms with E-state index >= 15 is 0 Å². The molecule has 1 saturated carbocycles. The minimum absolute atomic E-state index is 0.210. The summed E-state index contributed by atoms with van der Waals surface area (Å²) >= 11 is 3.46. The van der Waals surface area contributed by atoms with Crippen LogP contribution in [0.25, 0.3) is 0 Å². The molecule has 0 unspecified atom stereocenters. The lowest BCUT2D eigenvalue weighted by Gasteiger charge is -2.26. The summed E-state index contributed by atoms with van der Waals surface area (Å²) in [7, 11) is 0. The highest BCUT2D eigenvalue weighted by atomic mass is 79.9. The molecular formula is C13H20BrN3. The Morgan fingerprint density at radius 3 is 2.53 bits per heavy atom. The number of hydrogen-bond donors (Lipinski definition) is 1. The van der Waals surface area contributed by atoms with E-state index in [2.05, 4.69) is 52.0 Å². The maximum absolute atomic E-state index is 4.59. The Balaban J connectivity index is 2.20. The third-order valence-electron chi connectivity index (χ3n) is 3.37. The van der Waals surface area contributed by atoms with Crippen LogP contribution in [0.1, 0.15) is 58.2 Å². The van der Waals surface area contributed by atoms with Crippen LogP contribution in [-0.2, 0) is 0 Å². The Morgan fingerprint density at radius 1 is 1.29 bits per heavy atom. The summed E-state index contributed by atoms with van der Waals surface area (Å²) in [6.45, 7) is 6.51. The zero-order valence-corrected chi connectivity index (χ0v) is 12.3. The Kier molecular flexibility index (Phi) is 3.71. The van der Waals surface area contributed by atoms with E-state index in [1.165, 1.54) is 25.7 Å². The van der Waals surface area contributed by atoms with Gasteiger partial charge in [0.15, 0.2) is 0 Å². The van der Waals surface area contributed by atoms with E-state index in [9.17, 15) is 0 Å². The van der Waals surface area contributed by atoms with Crippen LogP contribution in [0.4, 0.5) is 5.82 Å². The highest BCUT2D eigenvalue weighted by Gasteiger charge is 2.28. The fourth-order valence-corrected chi connectivity index (χ4v) is 2.75. The number of halogens is 1. The van der Waals surface area contributed by atoms with Gasteiger partial charge >= 0.3 is 0 Å². The van der Waals surface area contributed by atoms with Gasteiger partial charge in [-0.3, -0.25) is 0 Å². The van der Waals surface area contributed by atoms with Crippen LogP contribution >= 0.6 is 15.9 Å². The standard InChI is InChI=1S/C13H20BrN3/c1-9(2)12-15-10(14)8-11(16-12)17-13(3)6-4-5-7-13/h8-9H,4-7H2,1-3H3,(H,15,16,17). The molecule has 1 aromatic rings. The molecule has 1 heterocycles. The SMILES string of the molecule is CC(C)c1nc(Br)cc(NC2(C)CCCC2)n1. The van der Waals surface area contributed by atoms with E-state index in [0.29, 0.717) is 5.92 Å². The molecule has 2 rings (SSSR count). The van der Waals surface area contributed by atoms with Gasteiger partial charge in [-0.15, -0.1) is 0 Å². The van der Waals surface area contributed by atoms with Crippen LogP contribution in [0.3, 0.4) is 0 Å². The summed E-state index contributed by atoms with van der Waals surface area (Å²) in [4.78, 5) is 8.99. The molecule has 1 aliphatic carbocycles. The first-order valence-electron chi connectivity index (χ1n) is 6.31. The van der Waals surface area contributed by atoms with Crippen molar-refractivity contribution in [3.8, 4) is 0 Å². The fourth-order valence-electron chi connectivity index (χ4n) is 2.35. The molecule has 0 atom stereocenters. The third kappa shape index (κ3) is 3.18. The molecule has 1 aromatic heterocycles. The molecule has 1 fully saturated rings. The first kappa shape index (κ1) is 12.8. The number of rotatable bonds is 3. The van der Waals surface area contributed by atoms with Gasteiger partial charge in [0.2, 0.25) is 0 Å². The lowest BCUT2D eigenvalue weighted by Crippen LogP contribution is -2.31. The molecule has 1 aliphatic rings. The molecule has 3 nitrogen and oxygen atoms in total. The van der Waals surface area contributed by atoms with Crippen LogP contribution in [0, 0.1) is 0 Å². The van der Waals surface area contributed by atoms with Gasteiger partial charge in [0, 0.05) is 17.5 Å². The highest BCUT2D eigenvalue weighted by Crippen LogP contribution is 2.32. The summed E-state index contributed by atoms with van der Waals surface area (Å²) in [5.74, 6) is 2.19. The normalized spacial score (nSPS) is 18.6. The average molecular weight is 298 g/mol. The first-order valence-corrected chi connectivity index (χ1v) is 7.10. The molecule has 0 aliphatic heterocycles. The van der Waals surface area contributed by atoms with Crippen molar-refractivity contribution in [1.29, 1.82) is 0 Å². The minimum Gasteiger partial charge on any atom is -0.365 e. The lowest BCUT2D eigenvalue weighted by atomic mass is 10.0. The second kappa shape index (κ2) is 4.92. The van der Waals surface area contributed by atoms with Crippen molar-refractivity contribution >= 4 is 21.7 Å². The second-order valence-corrected chi connectivity index (χ2v) is 6.29. The number of aromatic nitrogens is 2. The topological polar surface area (TPSA) is 37.8 Å². The summed E-state index contributed by atoms with van der Waals surface area (Å²) in [6, 6.07) is 1.97. The average Bonchev–Trinajstić information content (AvgIpc) is 2.63. The van der Waals surface area contributed by atoms with Gasteiger partial charge in [-0.05, 0) is 35.7 Å². The molecule has 0 saturated heterocycles. The summed E-state index contributed by atoms with van der Waals surface area (Å²) in [6.07, 6.45) is 5.08. The fraction of sp³-hybridized carbons (Fsp3) is 0.692. The van der Waals surface area contributed by atoms with Crippen LogP contribution in [0.15, 0.2) is 10.7 Å². The van der Waals surface area contributed by atoms with Crippen molar-refractivity contribution < 1.29 is 0 Å². The third-order valence-corrected chi connectivity index (χ3v) is 3.77. The molecule has 0 aromatic carbocycles. The number of anilines is 1. The van der Waals surface area contributed by atoms with E-state index in [1.807, 2.05) is 6.07 Å². The molecule has 0 amide bonds. The van der Waals surface area contributed by atoms with E-state index in [4.69, 9.17) is 0 Å². The Bertz CT molecular complexity index is 398. The second-order valence-electron chi connectivity index (χ2n) is 5.48. The maximum Gasteiger partial charge on any atom is 0.134 e. The van der Waals surface area contributed by atoms with Gasteiger partial charge < -0.3 is 5.32 Å². The summed E-state index contributed by atoms with van der Waals surface area (Å²) in [5.41, 5.74) is 0.210. The van der Waals surface area contributed by atoms with E-state index in [0.717, 1.165) is 16.2 Å². The largest absolute Gasteiger partial charge is 0.365 e. The van der Waals surface area contributed by atoms with Crippen molar-refractivity contribution in [2.75, 3.05) is 5.32 Å². The van der Waals surface area contributed by atoms with Gasteiger partial charge in [-0.25, -0.2) is 9.97 Å². The van der Waals surface area contributed by atoms with Crippen LogP contribution in [0.2, 0.25) is 0 Å². The van der Waals surface area contributed by atoms with Crippen LogP contribution in [-0.4, -0.2) is 15.5 Å². The molecule has 94 valence electrons. The van der Waals surface area contributed by atoms with Gasteiger partial charge in [0.25, 0.3) is 0 Å². The van der Waals surface area contributed by atoms with Gasteiger partial charge in [0.05, 0.1) is 0 Å². The number of nitrogens with one attached hydrogen (secondary N) is 1. The van der Waals surface area contributed by atoms with Crippen LogP contribution < -0.4 is 5.32 Å². The molecular weight excluding hydrogens is 278 g/mol. The summed E-state index contributed by atoms with van der Waals surface area (Å²) < 4.78 is 0.861. The predicted molar refractivity (Wildman–Crippen MR) is 74.3 cm³/mol. The van der Waals surface area contributed by atoms with E-state index in [1.54, 1.807) is 0 Å². The zero-order valence-electron chi connectivity index (χ0n) is 10.8. The Morgan fingerprint density at radius 2 is 1.94 bits per heavy atom. The Labute approximate surface area is 112 Å². The molecule has 1 N–H and O–H groups in total. The quantitative estimate of drug-likeness (QED) is 0.853. The molecule has 0 radical (unpaired) electrons. The number of nitrogens with zero attached hydrogens (tertiary/aromatic N) is 2. The van der Waals surface area contributed by atoms with Crippen LogP contribution in [0.5, 0.6) is 0 Å². The minimum atomic E-state index is 0.210. The smallest absolute Gasteiger partial charge is 0.134 e. The van der Waals surface area contributed by atoms with Crippen molar-refractivity contribution in [2.24, 2.45) is 0 Å². The maximum atomic E-state index is 4.59. The van der Waals surface area contributed by atoms with Gasteiger partial charge in [-0.1, -0.05) is 26.7 Å². The van der Waals surface area contributed by atoms with Gasteiger partial charge in [-0.2, -0.15) is 0 Å². The van der Waals surface area contributed by atoms with Gasteiger partial charge in [0.1, 0.15) is 16.2 Å². The predicted octanol–water partition coefficient (Wildman–Crippen LogP) is 4.11. The molecule has 17 heavy (non-hydrogen) atoms. The zero-order chi connectivity index (χ0) is 12.5. The number of hydrogen-bond acceptors (Lipinski definition) is 3. The summed E-state index contributed by atoms with van der Waals surface area (Å²) in [5, 5.41) is 3.57. The van der Waals surface area contributed by atoms with Crippen molar-refractivity contribution in [3.63, 3.8) is 0 Å². The van der Waals surface area contributed by atoms with Crippen molar-refractivity contribution in [1.82, 2.24) is 9.97 Å². The molecule has 4 heteroatoms. The van der Waals surface area contributed by atoms with Crippen molar-refractivity contribution in [3.05, 3.63) is 16.5 Å². The van der Waals surface area contributed by atoms with E-state index < -0.39 is 0 Å². The highest BCUT2D eigenvalue weighted by molar-refractivity contribution is 9.10. The molecule has 0 bridgehead atoms. The Hall–Kier alpha value is -0.640.